The van der Waals surface area contributed by atoms with Crippen molar-refractivity contribution in [3.8, 4) is 0 Å². The SMILES string of the molecule is CC(C)(C)C1CCN(S(=O)(=O)N2CCC[C@@H]2CN)CC1. The van der Waals surface area contributed by atoms with E-state index in [2.05, 4.69) is 20.8 Å². The van der Waals surface area contributed by atoms with Gasteiger partial charge < -0.3 is 5.73 Å². The van der Waals surface area contributed by atoms with Crippen molar-refractivity contribution in [1.82, 2.24) is 8.61 Å². The van der Waals surface area contributed by atoms with Crippen molar-refractivity contribution < 1.29 is 8.42 Å². The summed E-state index contributed by atoms with van der Waals surface area (Å²) in [7, 11) is -3.31. The summed E-state index contributed by atoms with van der Waals surface area (Å²) in [6, 6.07) is 0.000314. The smallest absolute Gasteiger partial charge is 0.282 e. The Balaban J connectivity index is 2.02. The van der Waals surface area contributed by atoms with Crippen LogP contribution in [0.3, 0.4) is 0 Å². The number of hydrogen-bond acceptors (Lipinski definition) is 3. The fourth-order valence-electron chi connectivity index (χ4n) is 3.45. The topological polar surface area (TPSA) is 66.6 Å². The summed E-state index contributed by atoms with van der Waals surface area (Å²) in [6.45, 7) is 9.09. The van der Waals surface area contributed by atoms with Crippen molar-refractivity contribution in [3.05, 3.63) is 0 Å². The van der Waals surface area contributed by atoms with Crippen LogP contribution in [0.25, 0.3) is 0 Å². The Bertz CT molecular complexity index is 422. The molecule has 6 heteroatoms. The van der Waals surface area contributed by atoms with Crippen molar-refractivity contribution in [3.63, 3.8) is 0 Å². The number of rotatable bonds is 3. The highest BCUT2D eigenvalue weighted by molar-refractivity contribution is 7.86. The molecule has 0 bridgehead atoms. The third-order valence-electron chi connectivity index (χ3n) is 4.90. The van der Waals surface area contributed by atoms with E-state index in [4.69, 9.17) is 5.73 Å². The maximum absolute atomic E-state index is 12.7. The third kappa shape index (κ3) is 3.18. The van der Waals surface area contributed by atoms with E-state index in [1.54, 1.807) is 8.61 Å². The summed E-state index contributed by atoms with van der Waals surface area (Å²) in [5.74, 6) is 0.609. The second kappa shape index (κ2) is 5.91. The molecule has 0 aromatic rings. The van der Waals surface area contributed by atoms with E-state index in [9.17, 15) is 8.42 Å². The van der Waals surface area contributed by atoms with Crippen LogP contribution in [0.4, 0.5) is 0 Å². The van der Waals surface area contributed by atoms with Gasteiger partial charge in [-0.25, -0.2) is 0 Å². The lowest BCUT2D eigenvalue weighted by molar-refractivity contribution is 0.149. The zero-order valence-electron chi connectivity index (χ0n) is 13.0. The molecule has 2 aliphatic rings. The highest BCUT2D eigenvalue weighted by Gasteiger charge is 2.40. The Morgan fingerprint density at radius 1 is 1.10 bits per heavy atom. The van der Waals surface area contributed by atoms with Crippen LogP contribution in [-0.2, 0) is 10.2 Å². The Kier molecular flexibility index (Phi) is 4.79. The first-order chi connectivity index (χ1) is 9.26. The van der Waals surface area contributed by atoms with Gasteiger partial charge in [-0.15, -0.1) is 0 Å². The fourth-order valence-corrected chi connectivity index (χ4v) is 5.35. The minimum Gasteiger partial charge on any atom is -0.329 e. The number of nitrogens with two attached hydrogens (primary N) is 1. The number of nitrogens with zero attached hydrogens (tertiary/aromatic N) is 2. The summed E-state index contributed by atoms with van der Waals surface area (Å²) in [5, 5.41) is 0. The first kappa shape index (κ1) is 16.2. The molecule has 0 radical (unpaired) electrons. The van der Waals surface area contributed by atoms with Crippen LogP contribution in [0.15, 0.2) is 0 Å². The molecule has 1 atom stereocenters. The van der Waals surface area contributed by atoms with Gasteiger partial charge in [0.15, 0.2) is 0 Å². The molecule has 0 aromatic heterocycles. The Morgan fingerprint density at radius 2 is 1.70 bits per heavy atom. The third-order valence-corrected chi connectivity index (χ3v) is 6.99. The average molecular weight is 303 g/mol. The molecule has 2 rings (SSSR count). The van der Waals surface area contributed by atoms with Crippen LogP contribution in [0, 0.1) is 11.3 Å². The second-order valence-corrected chi connectivity index (χ2v) is 9.07. The van der Waals surface area contributed by atoms with Crippen LogP contribution >= 0.6 is 0 Å². The molecule has 20 heavy (non-hydrogen) atoms. The Labute approximate surface area is 123 Å². The van der Waals surface area contributed by atoms with E-state index in [1.165, 1.54) is 0 Å². The molecule has 0 amide bonds. The zero-order chi connectivity index (χ0) is 15.0. The van der Waals surface area contributed by atoms with Crippen molar-refractivity contribution >= 4 is 10.2 Å². The lowest BCUT2D eigenvalue weighted by Crippen LogP contribution is -2.51. The van der Waals surface area contributed by atoms with Gasteiger partial charge in [0.25, 0.3) is 10.2 Å². The van der Waals surface area contributed by atoms with Crippen LogP contribution in [-0.4, -0.2) is 49.2 Å². The summed E-state index contributed by atoms with van der Waals surface area (Å²) in [5.41, 5.74) is 5.97. The van der Waals surface area contributed by atoms with Crippen molar-refractivity contribution in [2.24, 2.45) is 17.1 Å². The maximum Gasteiger partial charge on any atom is 0.282 e. The summed E-state index contributed by atoms with van der Waals surface area (Å²) in [6.07, 6.45) is 3.75. The van der Waals surface area contributed by atoms with Gasteiger partial charge in [-0.05, 0) is 37.0 Å². The highest BCUT2D eigenvalue weighted by atomic mass is 32.2. The summed E-state index contributed by atoms with van der Waals surface area (Å²) in [4.78, 5) is 0. The molecule has 0 spiro atoms. The van der Waals surface area contributed by atoms with Gasteiger partial charge in [0.1, 0.15) is 0 Å². The molecule has 0 aromatic carbocycles. The normalized spacial score (nSPS) is 28.1. The van der Waals surface area contributed by atoms with E-state index in [1.807, 2.05) is 0 Å². The number of piperidine rings is 1. The maximum atomic E-state index is 12.7. The van der Waals surface area contributed by atoms with E-state index < -0.39 is 10.2 Å². The fraction of sp³-hybridized carbons (Fsp3) is 1.00. The minimum atomic E-state index is -3.31. The van der Waals surface area contributed by atoms with Crippen molar-refractivity contribution in [2.75, 3.05) is 26.2 Å². The zero-order valence-corrected chi connectivity index (χ0v) is 13.8. The Hall–Kier alpha value is -0.170. The predicted molar refractivity (Wildman–Crippen MR) is 81.5 cm³/mol. The molecular formula is C14H29N3O2S. The van der Waals surface area contributed by atoms with Crippen LogP contribution in [0.2, 0.25) is 0 Å². The molecule has 2 aliphatic heterocycles. The lowest BCUT2D eigenvalue weighted by atomic mass is 9.76. The molecule has 0 aliphatic carbocycles. The van der Waals surface area contributed by atoms with Gasteiger partial charge in [0.2, 0.25) is 0 Å². The quantitative estimate of drug-likeness (QED) is 0.857. The van der Waals surface area contributed by atoms with Crippen LogP contribution in [0.1, 0.15) is 46.5 Å². The van der Waals surface area contributed by atoms with Gasteiger partial charge in [-0.2, -0.15) is 17.0 Å². The van der Waals surface area contributed by atoms with E-state index in [0.29, 0.717) is 32.1 Å². The Morgan fingerprint density at radius 3 is 2.20 bits per heavy atom. The van der Waals surface area contributed by atoms with Gasteiger partial charge >= 0.3 is 0 Å². The molecule has 0 saturated carbocycles. The van der Waals surface area contributed by atoms with E-state index in [-0.39, 0.29) is 11.5 Å². The standard InChI is InChI=1S/C14H29N3O2S/c1-14(2,3)12-6-9-16(10-7-12)20(18,19)17-8-4-5-13(17)11-15/h12-13H,4-11,15H2,1-3H3/t13-/m1/s1. The van der Waals surface area contributed by atoms with Crippen LogP contribution in [0.5, 0.6) is 0 Å². The molecule has 2 saturated heterocycles. The first-order valence-corrected chi connectivity index (χ1v) is 9.13. The van der Waals surface area contributed by atoms with Gasteiger partial charge in [-0.1, -0.05) is 20.8 Å². The van der Waals surface area contributed by atoms with Crippen LogP contribution < -0.4 is 5.73 Å². The monoisotopic (exact) mass is 303 g/mol. The summed E-state index contributed by atoms with van der Waals surface area (Å²) >= 11 is 0. The first-order valence-electron chi connectivity index (χ1n) is 7.74. The van der Waals surface area contributed by atoms with Crippen molar-refractivity contribution in [1.29, 1.82) is 0 Å². The largest absolute Gasteiger partial charge is 0.329 e. The molecule has 0 unspecified atom stereocenters. The second-order valence-electron chi connectivity index (χ2n) is 7.19. The molecular weight excluding hydrogens is 274 g/mol. The molecule has 118 valence electrons. The molecule has 5 nitrogen and oxygen atoms in total. The van der Waals surface area contributed by atoms with E-state index in [0.717, 1.165) is 25.7 Å². The van der Waals surface area contributed by atoms with Crippen molar-refractivity contribution in [2.45, 2.75) is 52.5 Å². The minimum absolute atomic E-state index is 0.000314. The average Bonchev–Trinajstić information content (AvgIpc) is 2.87. The lowest BCUT2D eigenvalue weighted by Gasteiger charge is -2.39. The van der Waals surface area contributed by atoms with Gasteiger partial charge in [0, 0.05) is 32.2 Å². The molecule has 2 fully saturated rings. The van der Waals surface area contributed by atoms with Gasteiger partial charge in [-0.3, -0.25) is 0 Å². The number of hydrogen-bond donors (Lipinski definition) is 1. The van der Waals surface area contributed by atoms with E-state index >= 15 is 0 Å². The highest BCUT2D eigenvalue weighted by Crippen LogP contribution is 2.35. The predicted octanol–water partition coefficient (Wildman–Crippen LogP) is 1.41. The molecule has 2 heterocycles. The summed E-state index contributed by atoms with van der Waals surface area (Å²) < 4.78 is 28.7. The molecule has 2 N–H and O–H groups in total. The van der Waals surface area contributed by atoms with Gasteiger partial charge in [0.05, 0.1) is 0 Å².